The Morgan fingerprint density at radius 3 is 2.13 bits per heavy atom. The molecule has 0 saturated heterocycles. The van der Waals surface area contributed by atoms with E-state index in [0.29, 0.717) is 23.7 Å². The van der Waals surface area contributed by atoms with Crippen molar-refractivity contribution in [1.82, 2.24) is 9.79 Å². The molecule has 0 fully saturated rings. The highest BCUT2D eigenvalue weighted by Crippen LogP contribution is 2.20. The van der Waals surface area contributed by atoms with Crippen LogP contribution in [0.5, 0.6) is 11.5 Å². The van der Waals surface area contributed by atoms with E-state index in [-0.39, 0.29) is 12.4 Å². The summed E-state index contributed by atoms with van der Waals surface area (Å²) in [4.78, 5) is 17.8. The minimum absolute atomic E-state index is 0.235. The summed E-state index contributed by atoms with van der Waals surface area (Å²) >= 11 is 0. The summed E-state index contributed by atoms with van der Waals surface area (Å²) in [5, 5.41) is 0.965. The summed E-state index contributed by atoms with van der Waals surface area (Å²) in [7, 11) is -1.12. The summed E-state index contributed by atoms with van der Waals surface area (Å²) in [6, 6.07) is 15.6. The van der Waals surface area contributed by atoms with Crippen molar-refractivity contribution in [2.45, 2.75) is 25.1 Å². The zero-order valence-electron chi connectivity index (χ0n) is 17.6. The SMILES string of the molecule is CCOc1ccc(OCC(C)(NS(=O)(=O)Cc2ccccc2)C(=O)N(C)OC)cc1. The first-order valence-electron chi connectivity index (χ1n) is 9.42. The Hall–Kier alpha value is -2.62. The van der Waals surface area contributed by atoms with Crippen molar-refractivity contribution in [2.24, 2.45) is 0 Å². The van der Waals surface area contributed by atoms with Crippen LogP contribution in [-0.2, 0) is 25.4 Å². The van der Waals surface area contributed by atoms with E-state index >= 15 is 0 Å². The smallest absolute Gasteiger partial charge is 0.270 e. The minimum Gasteiger partial charge on any atom is -0.494 e. The van der Waals surface area contributed by atoms with Gasteiger partial charge in [-0.3, -0.25) is 9.63 Å². The van der Waals surface area contributed by atoms with Gasteiger partial charge in [-0.25, -0.2) is 13.5 Å². The summed E-state index contributed by atoms with van der Waals surface area (Å²) in [5.74, 6) is 0.301. The number of sulfonamides is 1. The largest absolute Gasteiger partial charge is 0.494 e. The number of nitrogens with zero attached hydrogens (tertiary/aromatic N) is 1. The number of ether oxygens (including phenoxy) is 2. The number of hydrogen-bond donors (Lipinski definition) is 1. The fourth-order valence-corrected chi connectivity index (χ4v) is 4.30. The van der Waals surface area contributed by atoms with E-state index in [1.165, 1.54) is 21.1 Å². The molecular formula is C21H28N2O6S. The van der Waals surface area contributed by atoms with E-state index in [1.807, 2.05) is 6.92 Å². The molecule has 0 bridgehead atoms. The van der Waals surface area contributed by atoms with E-state index < -0.39 is 21.5 Å². The van der Waals surface area contributed by atoms with Crippen molar-refractivity contribution in [3.8, 4) is 11.5 Å². The maximum absolute atomic E-state index is 12.9. The fraction of sp³-hybridized carbons (Fsp3) is 0.381. The van der Waals surface area contributed by atoms with Gasteiger partial charge in [0.1, 0.15) is 23.6 Å². The van der Waals surface area contributed by atoms with Gasteiger partial charge in [-0.1, -0.05) is 30.3 Å². The lowest BCUT2D eigenvalue weighted by molar-refractivity contribution is -0.176. The van der Waals surface area contributed by atoms with Gasteiger partial charge >= 0.3 is 0 Å². The van der Waals surface area contributed by atoms with Crippen molar-refractivity contribution < 1.29 is 27.5 Å². The molecule has 8 nitrogen and oxygen atoms in total. The van der Waals surface area contributed by atoms with Crippen molar-refractivity contribution in [2.75, 3.05) is 27.4 Å². The van der Waals surface area contributed by atoms with Gasteiger partial charge in [-0.05, 0) is 43.7 Å². The van der Waals surface area contributed by atoms with Crippen LogP contribution < -0.4 is 14.2 Å². The molecule has 1 amide bonds. The molecular weight excluding hydrogens is 408 g/mol. The predicted molar refractivity (Wildman–Crippen MR) is 113 cm³/mol. The molecule has 30 heavy (non-hydrogen) atoms. The molecule has 0 spiro atoms. The Morgan fingerprint density at radius 2 is 1.60 bits per heavy atom. The van der Waals surface area contributed by atoms with Gasteiger partial charge in [0.25, 0.3) is 5.91 Å². The Kier molecular flexibility index (Phi) is 8.22. The van der Waals surface area contributed by atoms with E-state index in [0.717, 1.165) is 5.06 Å². The molecule has 9 heteroatoms. The van der Waals surface area contributed by atoms with Crippen molar-refractivity contribution >= 4 is 15.9 Å². The number of nitrogens with one attached hydrogen (secondary N) is 1. The molecule has 1 N–H and O–H groups in total. The number of rotatable bonds is 11. The van der Waals surface area contributed by atoms with Gasteiger partial charge in [0.2, 0.25) is 10.0 Å². The van der Waals surface area contributed by atoms with E-state index in [2.05, 4.69) is 4.72 Å². The number of amides is 1. The molecule has 2 aromatic rings. The maximum atomic E-state index is 12.9. The highest BCUT2D eigenvalue weighted by molar-refractivity contribution is 7.88. The Balaban J connectivity index is 2.19. The third kappa shape index (κ3) is 6.72. The average molecular weight is 437 g/mol. The molecule has 2 rings (SSSR count). The average Bonchev–Trinajstić information content (AvgIpc) is 2.72. The van der Waals surface area contributed by atoms with Gasteiger partial charge in [-0.15, -0.1) is 0 Å². The second kappa shape index (κ2) is 10.4. The molecule has 0 aliphatic carbocycles. The molecule has 0 heterocycles. The fourth-order valence-electron chi connectivity index (χ4n) is 2.76. The molecule has 0 aliphatic heterocycles. The van der Waals surface area contributed by atoms with E-state index in [4.69, 9.17) is 14.3 Å². The summed E-state index contributed by atoms with van der Waals surface area (Å²) in [6.45, 7) is 3.65. The summed E-state index contributed by atoms with van der Waals surface area (Å²) in [5.41, 5.74) is -0.982. The van der Waals surface area contributed by atoms with Crippen LogP contribution in [0.4, 0.5) is 0 Å². The van der Waals surface area contributed by atoms with Crippen LogP contribution >= 0.6 is 0 Å². The molecule has 164 valence electrons. The lowest BCUT2D eigenvalue weighted by Gasteiger charge is -2.31. The first-order chi connectivity index (χ1) is 14.2. The second-order valence-corrected chi connectivity index (χ2v) is 8.58. The number of likely N-dealkylation sites (N-methyl/N-ethyl adjacent to an activating group) is 1. The number of benzene rings is 2. The van der Waals surface area contributed by atoms with Gasteiger partial charge in [-0.2, -0.15) is 4.72 Å². The van der Waals surface area contributed by atoms with Crippen LogP contribution in [0.25, 0.3) is 0 Å². The molecule has 0 aromatic heterocycles. The topological polar surface area (TPSA) is 94.2 Å². The number of carbonyl (C=O) groups is 1. The highest BCUT2D eigenvalue weighted by atomic mass is 32.2. The molecule has 0 aliphatic rings. The third-order valence-electron chi connectivity index (χ3n) is 4.27. The van der Waals surface area contributed by atoms with Crippen LogP contribution in [0.2, 0.25) is 0 Å². The highest BCUT2D eigenvalue weighted by Gasteiger charge is 2.41. The van der Waals surface area contributed by atoms with Gasteiger partial charge in [0, 0.05) is 7.05 Å². The Labute approximate surface area is 177 Å². The Bertz CT molecular complexity index is 918. The van der Waals surface area contributed by atoms with Gasteiger partial charge < -0.3 is 9.47 Å². The second-order valence-electron chi connectivity index (χ2n) is 6.86. The van der Waals surface area contributed by atoms with Crippen LogP contribution in [0, 0.1) is 0 Å². The standard InChI is InChI=1S/C21H28N2O6S/c1-5-28-18-11-13-19(14-12-18)29-16-21(2,20(24)23(3)27-4)22-30(25,26)15-17-9-7-6-8-10-17/h6-14,22H,5,15-16H2,1-4H3. The zero-order valence-corrected chi connectivity index (χ0v) is 18.4. The first-order valence-corrected chi connectivity index (χ1v) is 11.1. The van der Waals surface area contributed by atoms with Crippen molar-refractivity contribution in [1.29, 1.82) is 0 Å². The van der Waals surface area contributed by atoms with Crippen molar-refractivity contribution in [3.63, 3.8) is 0 Å². The van der Waals surface area contributed by atoms with Crippen LogP contribution in [-0.4, -0.2) is 52.3 Å². The number of hydroxylamine groups is 2. The number of carbonyl (C=O) groups excluding carboxylic acids is 1. The molecule has 0 radical (unpaired) electrons. The quantitative estimate of drug-likeness (QED) is 0.544. The first kappa shape index (κ1) is 23.7. The van der Waals surface area contributed by atoms with E-state index in [1.54, 1.807) is 54.6 Å². The lowest BCUT2D eigenvalue weighted by Crippen LogP contribution is -2.60. The monoisotopic (exact) mass is 436 g/mol. The van der Waals surface area contributed by atoms with Crippen LogP contribution in [0.3, 0.4) is 0 Å². The number of hydrogen-bond acceptors (Lipinski definition) is 6. The lowest BCUT2D eigenvalue weighted by atomic mass is 10.0. The maximum Gasteiger partial charge on any atom is 0.270 e. The predicted octanol–water partition coefficient (Wildman–Crippen LogP) is 2.36. The summed E-state index contributed by atoms with van der Waals surface area (Å²) < 4.78 is 39.1. The summed E-state index contributed by atoms with van der Waals surface area (Å²) in [6.07, 6.45) is 0. The normalized spacial score (nSPS) is 13.3. The van der Waals surface area contributed by atoms with E-state index in [9.17, 15) is 13.2 Å². The molecule has 2 aromatic carbocycles. The molecule has 1 unspecified atom stereocenters. The molecule has 0 saturated carbocycles. The molecule has 1 atom stereocenters. The Morgan fingerprint density at radius 1 is 1.03 bits per heavy atom. The van der Waals surface area contributed by atoms with Gasteiger partial charge in [0.15, 0.2) is 0 Å². The van der Waals surface area contributed by atoms with Gasteiger partial charge in [0.05, 0.1) is 19.5 Å². The minimum atomic E-state index is -3.85. The van der Waals surface area contributed by atoms with Crippen LogP contribution in [0.1, 0.15) is 19.4 Å². The third-order valence-corrected chi connectivity index (χ3v) is 5.75. The zero-order chi connectivity index (χ0) is 22.2. The van der Waals surface area contributed by atoms with Crippen molar-refractivity contribution in [3.05, 3.63) is 60.2 Å². The van der Waals surface area contributed by atoms with Crippen LogP contribution in [0.15, 0.2) is 54.6 Å².